The molecule has 2 N–H and O–H groups in total. The number of hydrogen-bond donors (Lipinski definition) is 2. The molecule has 0 atom stereocenters. The van der Waals surface area contributed by atoms with E-state index in [0.29, 0.717) is 17.0 Å². The van der Waals surface area contributed by atoms with E-state index >= 15 is 0 Å². The Bertz CT molecular complexity index is 715. The van der Waals surface area contributed by atoms with Crippen molar-refractivity contribution in [2.24, 2.45) is 5.10 Å². The summed E-state index contributed by atoms with van der Waals surface area (Å²) >= 11 is 2.17. The van der Waals surface area contributed by atoms with Gasteiger partial charge >= 0.3 is 0 Å². The third-order valence-corrected chi connectivity index (χ3v) is 3.54. The van der Waals surface area contributed by atoms with E-state index in [2.05, 4.69) is 43.4 Å². The van der Waals surface area contributed by atoms with Crippen LogP contribution in [0.5, 0.6) is 0 Å². The molecule has 0 bridgehead atoms. The molecule has 23 heavy (non-hydrogen) atoms. The summed E-state index contributed by atoms with van der Waals surface area (Å²) in [6.45, 7) is 1.68. The number of aromatic nitrogens is 1. The Balaban J connectivity index is 1.86. The second-order valence-corrected chi connectivity index (χ2v) is 6.01. The number of carbonyl (C=O) groups excluding carboxylic acids is 2. The smallest absolute Gasteiger partial charge is 0.271 e. The molecule has 0 fully saturated rings. The van der Waals surface area contributed by atoms with Crippen LogP contribution in [0.2, 0.25) is 0 Å². The topological polar surface area (TPSA) is 83.4 Å². The molecule has 0 saturated carbocycles. The molecule has 0 radical (unpaired) electrons. The third-order valence-electron chi connectivity index (χ3n) is 2.82. The number of benzene rings is 1. The largest absolute Gasteiger partial charge is 0.324 e. The first-order chi connectivity index (χ1) is 11.0. The molecular weight excluding hydrogens is 407 g/mol. The van der Waals surface area contributed by atoms with E-state index in [1.165, 1.54) is 0 Å². The zero-order chi connectivity index (χ0) is 16.7. The highest BCUT2D eigenvalue weighted by molar-refractivity contribution is 14.1. The van der Waals surface area contributed by atoms with Crippen LogP contribution in [0.3, 0.4) is 0 Å². The van der Waals surface area contributed by atoms with E-state index < -0.39 is 0 Å². The highest BCUT2D eigenvalue weighted by atomic mass is 127. The average molecular weight is 422 g/mol. The number of anilines is 1. The highest BCUT2D eigenvalue weighted by Gasteiger charge is 2.07. The molecule has 0 unspecified atom stereocenters. The molecule has 0 aliphatic rings. The number of hydrogen-bond acceptors (Lipinski definition) is 4. The SMILES string of the molecule is C/C(CC(=O)Nc1cccnc1)=N\NC(=O)c1ccc(I)cc1. The van der Waals surface area contributed by atoms with E-state index in [9.17, 15) is 9.59 Å². The maximum atomic E-state index is 11.9. The maximum absolute atomic E-state index is 11.9. The van der Waals surface area contributed by atoms with Gasteiger partial charge in [0.2, 0.25) is 5.91 Å². The quantitative estimate of drug-likeness (QED) is 0.442. The minimum atomic E-state index is -0.312. The molecule has 0 aliphatic heterocycles. The number of nitrogens with one attached hydrogen (secondary N) is 2. The Labute approximate surface area is 147 Å². The van der Waals surface area contributed by atoms with Crippen molar-refractivity contribution in [3.05, 3.63) is 57.9 Å². The van der Waals surface area contributed by atoms with Crippen LogP contribution < -0.4 is 10.7 Å². The van der Waals surface area contributed by atoms with Gasteiger partial charge in [0.15, 0.2) is 0 Å². The molecule has 0 saturated heterocycles. The van der Waals surface area contributed by atoms with Crippen LogP contribution in [0.4, 0.5) is 5.69 Å². The molecule has 1 aromatic heterocycles. The van der Waals surface area contributed by atoms with Crippen molar-refractivity contribution in [2.75, 3.05) is 5.32 Å². The van der Waals surface area contributed by atoms with Crippen molar-refractivity contribution in [2.45, 2.75) is 13.3 Å². The van der Waals surface area contributed by atoms with Crippen molar-refractivity contribution in [3.63, 3.8) is 0 Å². The molecule has 2 amide bonds. The predicted octanol–water partition coefficient (Wildman–Crippen LogP) is 2.82. The Kier molecular flexibility index (Phi) is 6.21. The summed E-state index contributed by atoms with van der Waals surface area (Å²) in [4.78, 5) is 27.7. The van der Waals surface area contributed by atoms with Gasteiger partial charge in [-0.1, -0.05) is 0 Å². The van der Waals surface area contributed by atoms with Gasteiger partial charge in [0, 0.05) is 21.0 Å². The van der Waals surface area contributed by atoms with Crippen molar-refractivity contribution < 1.29 is 9.59 Å². The Morgan fingerprint density at radius 3 is 2.61 bits per heavy atom. The number of carbonyl (C=O) groups is 2. The highest BCUT2D eigenvalue weighted by Crippen LogP contribution is 2.07. The van der Waals surface area contributed by atoms with E-state index in [1.54, 1.807) is 43.6 Å². The molecule has 1 aromatic carbocycles. The van der Waals surface area contributed by atoms with Crippen LogP contribution in [0.1, 0.15) is 23.7 Å². The van der Waals surface area contributed by atoms with Crippen LogP contribution in [0, 0.1) is 3.57 Å². The van der Waals surface area contributed by atoms with Gasteiger partial charge in [-0.05, 0) is 65.9 Å². The molecular formula is C16H15IN4O2. The lowest BCUT2D eigenvalue weighted by Crippen LogP contribution is -2.21. The van der Waals surface area contributed by atoms with Gasteiger partial charge in [-0.15, -0.1) is 0 Å². The molecule has 2 aromatic rings. The minimum Gasteiger partial charge on any atom is -0.324 e. The number of pyridine rings is 1. The first-order valence-corrected chi connectivity index (χ1v) is 7.91. The zero-order valence-electron chi connectivity index (χ0n) is 12.4. The average Bonchev–Trinajstić information content (AvgIpc) is 2.54. The molecule has 2 rings (SSSR count). The Hall–Kier alpha value is -2.29. The summed E-state index contributed by atoms with van der Waals surface area (Å²) in [6, 6.07) is 10.6. The van der Waals surface area contributed by atoms with Crippen LogP contribution in [-0.2, 0) is 4.79 Å². The van der Waals surface area contributed by atoms with Gasteiger partial charge in [-0.2, -0.15) is 5.10 Å². The second-order valence-electron chi connectivity index (χ2n) is 4.76. The zero-order valence-corrected chi connectivity index (χ0v) is 14.6. The number of hydrazone groups is 1. The summed E-state index contributed by atoms with van der Waals surface area (Å²) in [7, 11) is 0. The lowest BCUT2D eigenvalue weighted by Gasteiger charge is -2.05. The van der Waals surface area contributed by atoms with E-state index in [1.807, 2.05) is 12.1 Å². The van der Waals surface area contributed by atoms with E-state index in [-0.39, 0.29) is 18.2 Å². The van der Waals surface area contributed by atoms with Crippen LogP contribution in [0.15, 0.2) is 53.9 Å². The van der Waals surface area contributed by atoms with Crippen LogP contribution >= 0.6 is 22.6 Å². The van der Waals surface area contributed by atoms with Gasteiger partial charge in [0.25, 0.3) is 5.91 Å². The summed E-state index contributed by atoms with van der Waals surface area (Å²) in [5.41, 5.74) is 4.08. The lowest BCUT2D eigenvalue weighted by molar-refractivity contribution is -0.115. The standard InChI is InChI=1S/C16H15IN4O2/c1-11(9-15(22)19-14-3-2-8-18-10-14)20-21-16(23)12-4-6-13(17)7-5-12/h2-8,10H,9H2,1H3,(H,19,22)(H,21,23)/b20-11+. The summed E-state index contributed by atoms with van der Waals surface area (Å²) in [5.74, 6) is -0.531. The van der Waals surface area contributed by atoms with Gasteiger partial charge in [0.1, 0.15) is 0 Å². The lowest BCUT2D eigenvalue weighted by atomic mass is 10.2. The van der Waals surface area contributed by atoms with E-state index in [0.717, 1.165) is 3.57 Å². The Morgan fingerprint density at radius 2 is 1.96 bits per heavy atom. The van der Waals surface area contributed by atoms with Crippen molar-refractivity contribution in [1.82, 2.24) is 10.4 Å². The Morgan fingerprint density at radius 1 is 1.22 bits per heavy atom. The minimum absolute atomic E-state index is 0.0852. The molecule has 118 valence electrons. The molecule has 1 heterocycles. The summed E-state index contributed by atoms with van der Waals surface area (Å²) < 4.78 is 1.05. The maximum Gasteiger partial charge on any atom is 0.271 e. The number of nitrogens with zero attached hydrogens (tertiary/aromatic N) is 2. The predicted molar refractivity (Wildman–Crippen MR) is 97.2 cm³/mol. The number of rotatable bonds is 5. The third kappa shape index (κ3) is 5.78. The summed E-state index contributed by atoms with van der Waals surface area (Å²) in [6.07, 6.45) is 3.27. The van der Waals surface area contributed by atoms with Gasteiger partial charge in [-0.3, -0.25) is 14.6 Å². The molecule has 7 heteroatoms. The fourth-order valence-corrected chi connectivity index (χ4v) is 2.09. The van der Waals surface area contributed by atoms with Gasteiger partial charge < -0.3 is 5.32 Å². The van der Waals surface area contributed by atoms with E-state index in [4.69, 9.17) is 0 Å². The van der Waals surface area contributed by atoms with Crippen molar-refractivity contribution in [1.29, 1.82) is 0 Å². The van der Waals surface area contributed by atoms with Gasteiger partial charge in [0.05, 0.1) is 18.3 Å². The first-order valence-electron chi connectivity index (χ1n) is 6.83. The van der Waals surface area contributed by atoms with Gasteiger partial charge in [-0.25, -0.2) is 5.43 Å². The fourth-order valence-electron chi connectivity index (χ4n) is 1.73. The monoisotopic (exact) mass is 422 g/mol. The van der Waals surface area contributed by atoms with Crippen LogP contribution in [0.25, 0.3) is 0 Å². The first kappa shape index (κ1) is 17.1. The molecule has 6 nitrogen and oxygen atoms in total. The molecule has 0 spiro atoms. The summed E-state index contributed by atoms with van der Waals surface area (Å²) in [5, 5.41) is 6.65. The number of amides is 2. The fraction of sp³-hybridized carbons (Fsp3) is 0.125. The van der Waals surface area contributed by atoms with Crippen LogP contribution in [-0.4, -0.2) is 22.5 Å². The van der Waals surface area contributed by atoms with Crippen molar-refractivity contribution >= 4 is 45.8 Å². The second kappa shape index (κ2) is 8.37. The number of halogens is 1. The van der Waals surface area contributed by atoms with Crippen molar-refractivity contribution in [3.8, 4) is 0 Å². The normalized spacial score (nSPS) is 11.0. The molecule has 0 aliphatic carbocycles.